The molecule has 9 nitrogen and oxygen atoms in total. The zero-order valence-corrected chi connectivity index (χ0v) is 29.7. The zero-order valence-electron chi connectivity index (χ0n) is 29.7. The van der Waals surface area contributed by atoms with Gasteiger partial charge < -0.3 is 28.4 Å². The van der Waals surface area contributed by atoms with E-state index in [0.717, 1.165) is 58.3 Å². The highest BCUT2D eigenvalue weighted by atomic mass is 16.6. The predicted octanol–water partition coefficient (Wildman–Crippen LogP) is 8.34. The first-order valence-corrected chi connectivity index (χ1v) is 17.9. The molecular formula is C41H50O9. The summed E-state index contributed by atoms with van der Waals surface area (Å²) >= 11 is 0. The number of benzene rings is 3. The standard InChI is InChI=1S/C41H50O9/c1-5-41(26-46-27-41)25-45-22-6-7-23-47-33-15-13-32(14-16-33)39(43)49-35-19-17-34(18-20-35)48-38(42)30-9-11-31(12-10-30)40(44)50-37-24-29(4)8-21-36(37)28(2)3/h9-20,28-29,36-37H,5-8,21-27H2,1-4H3. The molecule has 2 fully saturated rings. The Bertz CT molecular complexity index is 1540. The normalized spacial score (nSPS) is 19.7. The summed E-state index contributed by atoms with van der Waals surface area (Å²) in [6.45, 7) is 12.3. The summed E-state index contributed by atoms with van der Waals surface area (Å²) in [7, 11) is 0. The highest BCUT2D eigenvalue weighted by Gasteiger charge is 2.37. The van der Waals surface area contributed by atoms with Crippen LogP contribution in [0.2, 0.25) is 0 Å². The Hall–Kier alpha value is -4.21. The smallest absolute Gasteiger partial charge is 0.343 e. The zero-order chi connectivity index (χ0) is 35.5. The van der Waals surface area contributed by atoms with Gasteiger partial charge in [0.1, 0.15) is 23.4 Å². The lowest BCUT2D eigenvalue weighted by Crippen LogP contribution is -2.45. The van der Waals surface area contributed by atoms with Gasteiger partial charge in [0, 0.05) is 12.0 Å². The number of unbranched alkanes of at least 4 members (excludes halogenated alkanes) is 1. The van der Waals surface area contributed by atoms with Gasteiger partial charge in [-0.15, -0.1) is 0 Å². The SMILES string of the molecule is CCC1(COCCCCOc2ccc(C(=O)Oc3ccc(OC(=O)c4ccc(C(=O)OC5CC(C)CCC5C(C)C)cc4)cc3)cc2)COC1. The molecule has 0 N–H and O–H groups in total. The molecule has 3 atom stereocenters. The van der Waals surface area contributed by atoms with Crippen molar-refractivity contribution < 1.29 is 42.8 Å². The van der Waals surface area contributed by atoms with Crippen LogP contribution >= 0.6 is 0 Å². The van der Waals surface area contributed by atoms with Crippen LogP contribution in [0, 0.1) is 23.2 Å². The van der Waals surface area contributed by atoms with Gasteiger partial charge in [0.2, 0.25) is 0 Å². The molecule has 1 aliphatic carbocycles. The molecule has 50 heavy (non-hydrogen) atoms. The third-order valence-corrected chi connectivity index (χ3v) is 9.84. The van der Waals surface area contributed by atoms with Crippen LogP contribution in [0.5, 0.6) is 17.2 Å². The van der Waals surface area contributed by atoms with Gasteiger partial charge in [-0.25, -0.2) is 14.4 Å². The van der Waals surface area contributed by atoms with Crippen molar-refractivity contribution in [2.75, 3.05) is 33.0 Å². The molecular weight excluding hydrogens is 636 g/mol. The number of carbonyl (C=O) groups excluding carboxylic acids is 3. The van der Waals surface area contributed by atoms with E-state index < -0.39 is 11.9 Å². The number of hydrogen-bond acceptors (Lipinski definition) is 9. The second-order valence-corrected chi connectivity index (χ2v) is 14.1. The van der Waals surface area contributed by atoms with E-state index >= 15 is 0 Å². The minimum atomic E-state index is -0.573. The molecule has 0 aromatic heterocycles. The van der Waals surface area contributed by atoms with Gasteiger partial charge in [-0.05, 0) is 123 Å². The van der Waals surface area contributed by atoms with Crippen molar-refractivity contribution in [2.45, 2.75) is 72.3 Å². The Morgan fingerprint density at radius 3 is 1.78 bits per heavy atom. The molecule has 3 aromatic carbocycles. The van der Waals surface area contributed by atoms with Crippen molar-refractivity contribution in [1.82, 2.24) is 0 Å². The maximum atomic E-state index is 12.9. The first-order chi connectivity index (χ1) is 24.1. The number of hydrogen-bond donors (Lipinski definition) is 0. The second-order valence-electron chi connectivity index (χ2n) is 14.1. The molecule has 1 saturated carbocycles. The average Bonchev–Trinajstić information content (AvgIpc) is 3.10. The first-order valence-electron chi connectivity index (χ1n) is 17.9. The molecule has 5 rings (SSSR count). The predicted molar refractivity (Wildman–Crippen MR) is 189 cm³/mol. The molecule has 3 aromatic rings. The van der Waals surface area contributed by atoms with E-state index in [9.17, 15) is 14.4 Å². The van der Waals surface area contributed by atoms with Crippen LogP contribution in [0.1, 0.15) is 97.3 Å². The fourth-order valence-corrected chi connectivity index (χ4v) is 6.36. The lowest BCUT2D eigenvalue weighted by molar-refractivity contribution is -0.150. The Kier molecular flexibility index (Phi) is 13.1. The van der Waals surface area contributed by atoms with Crippen molar-refractivity contribution in [3.63, 3.8) is 0 Å². The maximum absolute atomic E-state index is 12.9. The molecule has 2 aliphatic rings. The van der Waals surface area contributed by atoms with Crippen LogP contribution in [0.15, 0.2) is 72.8 Å². The fraction of sp³-hybridized carbons (Fsp3) is 0.488. The van der Waals surface area contributed by atoms with Gasteiger partial charge in [0.15, 0.2) is 0 Å². The van der Waals surface area contributed by atoms with Crippen molar-refractivity contribution in [2.24, 2.45) is 23.2 Å². The third kappa shape index (κ3) is 10.2. The summed E-state index contributed by atoms with van der Waals surface area (Å²) in [5, 5.41) is 0. The first kappa shape index (κ1) is 37.1. The summed E-state index contributed by atoms with van der Waals surface area (Å²) in [4.78, 5) is 38.4. The Morgan fingerprint density at radius 1 is 0.740 bits per heavy atom. The molecule has 268 valence electrons. The number of ether oxygens (including phenoxy) is 6. The molecule has 3 unspecified atom stereocenters. The van der Waals surface area contributed by atoms with Crippen molar-refractivity contribution in [3.05, 3.63) is 89.5 Å². The molecule has 1 saturated heterocycles. The summed E-state index contributed by atoms with van der Waals surface area (Å²) in [6, 6.07) is 19.3. The van der Waals surface area contributed by atoms with Gasteiger partial charge in [-0.3, -0.25) is 0 Å². The van der Waals surface area contributed by atoms with Gasteiger partial charge in [-0.2, -0.15) is 0 Å². The number of rotatable bonds is 16. The molecule has 1 aliphatic heterocycles. The van der Waals surface area contributed by atoms with E-state index in [0.29, 0.717) is 59.2 Å². The lowest BCUT2D eigenvalue weighted by Gasteiger charge is -2.40. The topological polar surface area (TPSA) is 107 Å². The minimum absolute atomic E-state index is 0.101. The lowest BCUT2D eigenvalue weighted by atomic mass is 9.75. The summed E-state index contributed by atoms with van der Waals surface area (Å²) < 4.78 is 33.9. The molecule has 9 heteroatoms. The van der Waals surface area contributed by atoms with E-state index in [2.05, 4.69) is 27.7 Å². The summed E-state index contributed by atoms with van der Waals surface area (Å²) in [5.74, 6) is 1.12. The van der Waals surface area contributed by atoms with Crippen LogP contribution in [0.3, 0.4) is 0 Å². The average molecular weight is 687 g/mol. The van der Waals surface area contributed by atoms with Crippen LogP contribution in [0.4, 0.5) is 0 Å². The van der Waals surface area contributed by atoms with Gasteiger partial charge in [0.05, 0.1) is 43.1 Å². The van der Waals surface area contributed by atoms with E-state index in [1.807, 2.05) is 0 Å². The van der Waals surface area contributed by atoms with Crippen LogP contribution in [-0.4, -0.2) is 57.0 Å². The molecule has 0 amide bonds. The van der Waals surface area contributed by atoms with Crippen LogP contribution in [0.25, 0.3) is 0 Å². The van der Waals surface area contributed by atoms with E-state index in [1.54, 1.807) is 72.8 Å². The van der Waals surface area contributed by atoms with Crippen LogP contribution in [-0.2, 0) is 14.2 Å². The summed E-state index contributed by atoms with van der Waals surface area (Å²) in [5.41, 5.74) is 1.28. The Balaban J connectivity index is 1.02. The fourth-order valence-electron chi connectivity index (χ4n) is 6.36. The van der Waals surface area contributed by atoms with Crippen molar-refractivity contribution in [3.8, 4) is 17.2 Å². The van der Waals surface area contributed by atoms with Gasteiger partial charge in [0.25, 0.3) is 0 Å². The molecule has 0 spiro atoms. The minimum Gasteiger partial charge on any atom is -0.494 e. The monoisotopic (exact) mass is 686 g/mol. The highest BCUT2D eigenvalue weighted by Crippen LogP contribution is 2.36. The maximum Gasteiger partial charge on any atom is 0.343 e. The second kappa shape index (κ2) is 17.6. The quantitative estimate of drug-likeness (QED) is 0.0835. The molecule has 1 heterocycles. The molecule has 0 bridgehead atoms. The number of esters is 3. The largest absolute Gasteiger partial charge is 0.494 e. The van der Waals surface area contributed by atoms with Gasteiger partial charge in [-0.1, -0.05) is 34.1 Å². The highest BCUT2D eigenvalue weighted by molar-refractivity contribution is 5.94. The number of carbonyl (C=O) groups is 3. The summed E-state index contributed by atoms with van der Waals surface area (Å²) in [6.07, 6.45) is 5.83. The third-order valence-electron chi connectivity index (χ3n) is 9.84. The van der Waals surface area contributed by atoms with Crippen molar-refractivity contribution >= 4 is 17.9 Å². The van der Waals surface area contributed by atoms with E-state index in [-0.39, 0.29) is 23.2 Å². The van der Waals surface area contributed by atoms with Gasteiger partial charge >= 0.3 is 17.9 Å². The van der Waals surface area contributed by atoms with Crippen LogP contribution < -0.4 is 14.2 Å². The Morgan fingerprint density at radius 2 is 1.26 bits per heavy atom. The van der Waals surface area contributed by atoms with E-state index in [1.165, 1.54) is 0 Å². The molecule has 0 radical (unpaired) electrons. The van der Waals surface area contributed by atoms with Crippen molar-refractivity contribution in [1.29, 1.82) is 0 Å². The Labute approximate surface area is 295 Å². The van der Waals surface area contributed by atoms with E-state index in [4.69, 9.17) is 28.4 Å².